The van der Waals surface area contributed by atoms with Crippen LogP contribution in [0.2, 0.25) is 0 Å². The van der Waals surface area contributed by atoms with E-state index < -0.39 is 10.8 Å². The normalized spacial score (nSPS) is 35.1. The molecule has 1 aliphatic heterocycles. The largest absolute Gasteiger partial charge is 0.273 e. The summed E-state index contributed by atoms with van der Waals surface area (Å²) in [6.07, 6.45) is 2.26. The van der Waals surface area contributed by atoms with Crippen LogP contribution >= 0.6 is 0 Å². The number of imide groups is 1. The molecule has 2 heterocycles. The Balaban J connectivity index is 2.04. The first-order chi connectivity index (χ1) is 7.90. The summed E-state index contributed by atoms with van der Waals surface area (Å²) in [5.41, 5.74) is 0.472. The molecule has 0 radical (unpaired) electrons. The van der Waals surface area contributed by atoms with E-state index in [-0.39, 0.29) is 11.8 Å². The van der Waals surface area contributed by atoms with Crippen LogP contribution < -0.4 is 4.90 Å². The van der Waals surface area contributed by atoms with Crippen molar-refractivity contribution in [3.63, 3.8) is 0 Å². The molecule has 0 aromatic carbocycles. The second kappa shape index (κ2) is 2.75. The van der Waals surface area contributed by atoms with Crippen molar-refractivity contribution in [1.82, 2.24) is 4.98 Å². The van der Waals surface area contributed by atoms with E-state index in [1.165, 1.54) is 4.90 Å². The fourth-order valence-electron chi connectivity index (χ4n) is 2.70. The zero-order valence-corrected chi connectivity index (χ0v) is 10.2. The highest BCUT2D eigenvalue weighted by atomic mass is 16.2. The van der Waals surface area contributed by atoms with Crippen molar-refractivity contribution in [3.8, 4) is 0 Å². The first-order valence-corrected chi connectivity index (χ1v) is 5.72. The van der Waals surface area contributed by atoms with Crippen molar-refractivity contribution >= 4 is 17.5 Å². The van der Waals surface area contributed by atoms with Crippen molar-refractivity contribution in [1.29, 1.82) is 0 Å². The zero-order valence-electron chi connectivity index (χ0n) is 10.2. The summed E-state index contributed by atoms with van der Waals surface area (Å²) in [5.74, 6) is -0.175. The lowest BCUT2D eigenvalue weighted by Gasteiger charge is -2.18. The predicted molar refractivity (Wildman–Crippen MR) is 62.3 cm³/mol. The van der Waals surface area contributed by atoms with Gasteiger partial charge in [0.1, 0.15) is 0 Å². The number of anilines is 1. The van der Waals surface area contributed by atoms with Gasteiger partial charge in [-0.25, -0.2) is 4.90 Å². The van der Waals surface area contributed by atoms with Gasteiger partial charge < -0.3 is 0 Å². The van der Waals surface area contributed by atoms with Gasteiger partial charge in [-0.1, -0.05) is 0 Å². The van der Waals surface area contributed by atoms with Crippen LogP contribution in [0.5, 0.6) is 0 Å². The van der Waals surface area contributed by atoms with Gasteiger partial charge in [0.15, 0.2) is 0 Å². The summed E-state index contributed by atoms with van der Waals surface area (Å²) >= 11 is 0. The summed E-state index contributed by atoms with van der Waals surface area (Å²) in [7, 11) is 0. The van der Waals surface area contributed by atoms with E-state index in [0.717, 1.165) is 5.69 Å². The SMILES string of the molecule is Cc1ccc(N2C(=O)[C@]3(C)C[C@]3(C)C2=O)cn1. The van der Waals surface area contributed by atoms with E-state index in [4.69, 9.17) is 0 Å². The molecule has 1 aromatic rings. The number of carbonyl (C=O) groups excluding carboxylic acids is 2. The third-order valence-electron chi connectivity index (χ3n) is 4.30. The van der Waals surface area contributed by atoms with Crippen LogP contribution in [0.3, 0.4) is 0 Å². The minimum atomic E-state index is -0.491. The maximum Gasteiger partial charge on any atom is 0.240 e. The average Bonchev–Trinajstić information content (AvgIpc) is 2.83. The Morgan fingerprint density at radius 2 is 1.76 bits per heavy atom. The molecule has 4 nitrogen and oxygen atoms in total. The molecule has 0 unspecified atom stereocenters. The molecule has 1 saturated heterocycles. The van der Waals surface area contributed by atoms with Gasteiger partial charge in [-0.2, -0.15) is 0 Å². The monoisotopic (exact) mass is 230 g/mol. The minimum Gasteiger partial charge on any atom is -0.273 e. The van der Waals surface area contributed by atoms with Crippen LogP contribution in [0.15, 0.2) is 18.3 Å². The first kappa shape index (κ1) is 10.4. The molecule has 0 N–H and O–H groups in total. The van der Waals surface area contributed by atoms with Gasteiger partial charge in [-0.3, -0.25) is 14.6 Å². The second-order valence-corrected chi connectivity index (χ2v) is 5.44. The highest BCUT2D eigenvalue weighted by Crippen LogP contribution is 2.69. The third kappa shape index (κ3) is 1.05. The lowest BCUT2D eigenvalue weighted by atomic mass is 10.00. The van der Waals surface area contributed by atoms with Crippen molar-refractivity contribution in [2.24, 2.45) is 10.8 Å². The molecule has 2 amide bonds. The predicted octanol–water partition coefficient (Wildman–Crippen LogP) is 1.68. The number of amides is 2. The van der Waals surface area contributed by atoms with Crippen molar-refractivity contribution < 1.29 is 9.59 Å². The molecule has 2 fully saturated rings. The lowest BCUT2D eigenvalue weighted by Crippen LogP contribution is -2.35. The van der Waals surface area contributed by atoms with Gasteiger partial charge >= 0.3 is 0 Å². The summed E-state index contributed by atoms with van der Waals surface area (Å²) in [6, 6.07) is 3.58. The Morgan fingerprint density at radius 3 is 2.24 bits per heavy atom. The summed E-state index contributed by atoms with van der Waals surface area (Å²) < 4.78 is 0. The molecule has 0 spiro atoms. The fraction of sp³-hybridized carbons (Fsp3) is 0.462. The molecule has 17 heavy (non-hydrogen) atoms. The van der Waals surface area contributed by atoms with Crippen molar-refractivity contribution in [2.45, 2.75) is 27.2 Å². The number of carbonyl (C=O) groups is 2. The van der Waals surface area contributed by atoms with Crippen LogP contribution in [-0.4, -0.2) is 16.8 Å². The van der Waals surface area contributed by atoms with E-state index in [1.54, 1.807) is 12.3 Å². The molecule has 1 aromatic heterocycles. The molecule has 2 atom stereocenters. The minimum absolute atomic E-state index is 0.0874. The molecular formula is C13H14N2O2. The third-order valence-corrected chi connectivity index (χ3v) is 4.30. The summed E-state index contributed by atoms with van der Waals surface area (Å²) in [4.78, 5) is 29.9. The standard InChI is InChI=1S/C13H14N2O2/c1-8-4-5-9(6-14-8)15-10(16)12(2)7-13(12,3)11(15)17/h4-6H,7H2,1-3H3/t12-,13+. The number of hydrogen-bond acceptors (Lipinski definition) is 3. The zero-order chi connectivity index (χ0) is 12.4. The highest BCUT2D eigenvalue weighted by Gasteiger charge is 2.77. The Hall–Kier alpha value is -1.71. The Kier molecular flexibility index (Phi) is 1.69. The fourth-order valence-corrected chi connectivity index (χ4v) is 2.70. The number of nitrogens with zero attached hydrogens (tertiary/aromatic N) is 2. The lowest BCUT2D eigenvalue weighted by molar-refractivity contribution is -0.125. The molecular weight excluding hydrogens is 216 g/mol. The van der Waals surface area contributed by atoms with Gasteiger partial charge in [-0.15, -0.1) is 0 Å². The summed E-state index contributed by atoms with van der Waals surface area (Å²) in [6.45, 7) is 5.61. The maximum absolute atomic E-state index is 12.2. The van der Waals surface area contributed by atoms with E-state index in [0.29, 0.717) is 12.1 Å². The molecule has 1 saturated carbocycles. The number of hydrogen-bond donors (Lipinski definition) is 0. The van der Waals surface area contributed by atoms with Gasteiger partial charge in [0.05, 0.1) is 22.7 Å². The van der Waals surface area contributed by atoms with Gasteiger partial charge in [0.25, 0.3) is 0 Å². The average molecular weight is 230 g/mol. The van der Waals surface area contributed by atoms with Gasteiger partial charge in [0.2, 0.25) is 11.8 Å². The molecule has 2 aliphatic rings. The van der Waals surface area contributed by atoms with E-state index in [9.17, 15) is 9.59 Å². The first-order valence-electron chi connectivity index (χ1n) is 5.72. The maximum atomic E-state index is 12.2. The number of aryl methyl sites for hydroxylation is 1. The topological polar surface area (TPSA) is 50.3 Å². The smallest absolute Gasteiger partial charge is 0.240 e. The van der Waals surface area contributed by atoms with Crippen LogP contribution in [0.4, 0.5) is 5.69 Å². The number of rotatable bonds is 1. The summed E-state index contributed by atoms with van der Waals surface area (Å²) in [5, 5.41) is 0. The van der Waals surface area contributed by atoms with Crippen LogP contribution in [-0.2, 0) is 9.59 Å². The van der Waals surface area contributed by atoms with Gasteiger partial charge in [0, 0.05) is 5.69 Å². The van der Waals surface area contributed by atoms with Gasteiger partial charge in [-0.05, 0) is 39.3 Å². The Labute approximate surface area is 99.6 Å². The highest BCUT2D eigenvalue weighted by molar-refractivity contribution is 6.28. The number of piperidine rings is 1. The van der Waals surface area contributed by atoms with Crippen LogP contribution in [0.25, 0.3) is 0 Å². The van der Waals surface area contributed by atoms with E-state index >= 15 is 0 Å². The molecule has 1 aliphatic carbocycles. The molecule has 88 valence electrons. The second-order valence-electron chi connectivity index (χ2n) is 5.44. The van der Waals surface area contributed by atoms with Crippen molar-refractivity contribution in [3.05, 3.63) is 24.0 Å². The Bertz CT molecular complexity index is 511. The number of pyridine rings is 1. The van der Waals surface area contributed by atoms with Crippen molar-refractivity contribution in [2.75, 3.05) is 4.90 Å². The molecule has 4 heteroatoms. The van der Waals surface area contributed by atoms with Crippen LogP contribution in [0, 0.1) is 17.8 Å². The number of fused-ring (bicyclic) bond motifs is 1. The van der Waals surface area contributed by atoms with Crippen LogP contribution in [0.1, 0.15) is 26.0 Å². The van der Waals surface area contributed by atoms with E-state index in [1.807, 2.05) is 26.8 Å². The molecule has 3 rings (SSSR count). The Morgan fingerprint density at radius 1 is 1.18 bits per heavy atom. The van der Waals surface area contributed by atoms with E-state index in [2.05, 4.69) is 4.98 Å². The quantitative estimate of drug-likeness (QED) is 0.690. The number of aromatic nitrogens is 1. The molecule has 0 bridgehead atoms.